The predicted octanol–water partition coefficient (Wildman–Crippen LogP) is 2.13. The Morgan fingerprint density at radius 3 is 2.43 bits per heavy atom. The molecule has 0 atom stereocenters. The summed E-state index contributed by atoms with van der Waals surface area (Å²) in [5, 5.41) is 9.00. The highest BCUT2D eigenvalue weighted by Gasteiger charge is 2.13. The Morgan fingerprint density at radius 1 is 1.14 bits per heavy atom. The molecule has 0 heterocycles. The lowest BCUT2D eigenvalue weighted by atomic mass is 10.1. The Kier molecular flexibility index (Phi) is 4.79. The number of rotatable bonds is 5. The van der Waals surface area contributed by atoms with E-state index in [-0.39, 0.29) is 6.61 Å². The van der Waals surface area contributed by atoms with Crippen LogP contribution in [-0.4, -0.2) is 18.2 Å². The van der Waals surface area contributed by atoms with Crippen molar-refractivity contribution >= 4 is 11.7 Å². The van der Waals surface area contributed by atoms with Crippen molar-refractivity contribution in [2.75, 3.05) is 12.8 Å². The minimum absolute atomic E-state index is 0.00282. The first kappa shape index (κ1) is 14.9. The number of ether oxygens (including phenoxy) is 2. The number of hydrogen-bond donors (Lipinski definition) is 2. The van der Waals surface area contributed by atoms with Gasteiger partial charge in [-0.3, -0.25) is 0 Å². The Labute approximate surface area is 122 Å². The number of anilines is 1. The summed E-state index contributed by atoms with van der Waals surface area (Å²) in [7, 11) is 1.32. The summed E-state index contributed by atoms with van der Waals surface area (Å²) in [5.74, 6) is -0.0892. The van der Waals surface area contributed by atoms with Gasteiger partial charge in [-0.1, -0.05) is 24.3 Å². The number of aliphatic hydroxyl groups is 1. The molecule has 0 bridgehead atoms. The lowest BCUT2D eigenvalue weighted by Gasteiger charge is -2.11. The molecular weight excluding hydrogens is 270 g/mol. The Morgan fingerprint density at radius 2 is 1.81 bits per heavy atom. The van der Waals surface area contributed by atoms with Gasteiger partial charge in [-0.25, -0.2) is 4.79 Å². The van der Waals surface area contributed by atoms with Crippen LogP contribution in [-0.2, 0) is 18.0 Å². The molecule has 5 heteroatoms. The lowest BCUT2D eigenvalue weighted by Crippen LogP contribution is -2.06. The molecule has 0 aliphatic heterocycles. The average Bonchev–Trinajstić information content (AvgIpc) is 2.52. The van der Waals surface area contributed by atoms with Crippen LogP contribution in [0.2, 0.25) is 0 Å². The third-order valence-electron chi connectivity index (χ3n) is 3.01. The number of methoxy groups -OCH3 is 1. The third kappa shape index (κ3) is 3.73. The molecule has 5 nitrogen and oxygen atoms in total. The molecule has 0 amide bonds. The zero-order chi connectivity index (χ0) is 15.2. The van der Waals surface area contributed by atoms with Crippen LogP contribution in [0.25, 0.3) is 0 Å². The van der Waals surface area contributed by atoms with Gasteiger partial charge in [0.05, 0.1) is 13.7 Å². The van der Waals surface area contributed by atoms with E-state index in [0.29, 0.717) is 23.6 Å². The molecule has 0 fully saturated rings. The van der Waals surface area contributed by atoms with E-state index in [9.17, 15) is 4.79 Å². The number of benzene rings is 2. The molecule has 0 saturated carbocycles. The molecule has 2 aromatic rings. The Bertz CT molecular complexity index is 623. The minimum Gasteiger partial charge on any atom is -0.488 e. The normalized spacial score (nSPS) is 10.2. The van der Waals surface area contributed by atoms with Gasteiger partial charge >= 0.3 is 5.97 Å². The zero-order valence-electron chi connectivity index (χ0n) is 11.7. The van der Waals surface area contributed by atoms with Crippen molar-refractivity contribution in [3.8, 4) is 5.75 Å². The summed E-state index contributed by atoms with van der Waals surface area (Å²) >= 11 is 0. The fourth-order valence-electron chi connectivity index (χ4n) is 1.84. The van der Waals surface area contributed by atoms with Crippen molar-refractivity contribution in [2.24, 2.45) is 0 Å². The number of nitrogen functional groups attached to an aromatic ring is 1. The van der Waals surface area contributed by atoms with Crippen LogP contribution < -0.4 is 10.5 Å². The van der Waals surface area contributed by atoms with E-state index in [4.69, 9.17) is 20.3 Å². The van der Waals surface area contributed by atoms with Crippen LogP contribution in [0.1, 0.15) is 21.5 Å². The maximum Gasteiger partial charge on any atom is 0.341 e. The van der Waals surface area contributed by atoms with E-state index in [0.717, 1.165) is 11.1 Å². The predicted molar refractivity (Wildman–Crippen MR) is 78.9 cm³/mol. The maximum absolute atomic E-state index is 11.7. The number of carbonyl (C=O) groups is 1. The van der Waals surface area contributed by atoms with Gasteiger partial charge in [-0.2, -0.15) is 0 Å². The molecule has 3 N–H and O–H groups in total. The van der Waals surface area contributed by atoms with Crippen molar-refractivity contribution in [3.05, 3.63) is 59.2 Å². The molecular formula is C16H17NO4. The van der Waals surface area contributed by atoms with E-state index in [1.807, 2.05) is 24.3 Å². The highest BCUT2D eigenvalue weighted by atomic mass is 16.5. The number of hydrogen-bond acceptors (Lipinski definition) is 5. The van der Waals surface area contributed by atoms with Crippen LogP contribution in [0, 0.1) is 0 Å². The maximum atomic E-state index is 11.7. The summed E-state index contributed by atoms with van der Waals surface area (Å²) in [6.45, 7) is 0.294. The largest absolute Gasteiger partial charge is 0.488 e. The fraction of sp³-hybridized carbons (Fsp3) is 0.188. The summed E-state index contributed by atoms with van der Waals surface area (Å²) in [6, 6.07) is 12.1. The van der Waals surface area contributed by atoms with Crippen LogP contribution in [0.4, 0.5) is 5.69 Å². The fourth-order valence-corrected chi connectivity index (χ4v) is 1.84. The number of esters is 1. The molecule has 0 aliphatic carbocycles. The zero-order valence-corrected chi connectivity index (χ0v) is 11.7. The highest BCUT2D eigenvalue weighted by Crippen LogP contribution is 2.23. The van der Waals surface area contributed by atoms with Gasteiger partial charge in [0.25, 0.3) is 0 Å². The molecule has 2 aromatic carbocycles. The first-order valence-corrected chi connectivity index (χ1v) is 6.43. The van der Waals surface area contributed by atoms with Crippen LogP contribution in [0.3, 0.4) is 0 Å². The van der Waals surface area contributed by atoms with Crippen LogP contribution in [0.15, 0.2) is 42.5 Å². The first-order valence-electron chi connectivity index (χ1n) is 6.43. The first-order chi connectivity index (χ1) is 10.1. The Hall–Kier alpha value is -2.53. The van der Waals surface area contributed by atoms with Crippen molar-refractivity contribution < 1.29 is 19.4 Å². The van der Waals surface area contributed by atoms with Gasteiger partial charge < -0.3 is 20.3 Å². The van der Waals surface area contributed by atoms with E-state index in [1.54, 1.807) is 18.2 Å². The minimum atomic E-state index is -0.472. The van der Waals surface area contributed by atoms with Gasteiger partial charge in [-0.05, 0) is 23.3 Å². The van der Waals surface area contributed by atoms with Gasteiger partial charge in [0, 0.05) is 11.8 Å². The molecule has 0 aliphatic rings. The number of aliphatic hydroxyl groups excluding tert-OH is 1. The van der Waals surface area contributed by atoms with Crippen LogP contribution >= 0.6 is 0 Å². The highest BCUT2D eigenvalue weighted by molar-refractivity contribution is 5.93. The molecule has 0 spiro atoms. The number of nitrogens with two attached hydrogens (primary N) is 1. The molecule has 2 rings (SSSR count). The molecule has 21 heavy (non-hydrogen) atoms. The standard InChI is InChI=1S/C16H17NO4/c1-20-16(19)14-7-6-13(17)8-15(14)21-10-12-4-2-11(9-18)3-5-12/h2-8,18H,9-10,17H2,1H3. The Balaban J connectivity index is 2.14. The summed E-state index contributed by atoms with van der Waals surface area (Å²) in [4.78, 5) is 11.7. The van der Waals surface area contributed by atoms with Gasteiger partial charge in [0.15, 0.2) is 0 Å². The van der Waals surface area contributed by atoms with E-state index >= 15 is 0 Å². The van der Waals surface area contributed by atoms with Gasteiger partial charge in [0.2, 0.25) is 0 Å². The quantitative estimate of drug-likeness (QED) is 0.650. The smallest absolute Gasteiger partial charge is 0.341 e. The van der Waals surface area contributed by atoms with E-state index < -0.39 is 5.97 Å². The molecule has 0 saturated heterocycles. The second-order valence-electron chi connectivity index (χ2n) is 4.51. The number of carbonyl (C=O) groups excluding carboxylic acids is 1. The topological polar surface area (TPSA) is 81.8 Å². The monoisotopic (exact) mass is 287 g/mol. The van der Waals surface area contributed by atoms with Crippen molar-refractivity contribution in [2.45, 2.75) is 13.2 Å². The average molecular weight is 287 g/mol. The van der Waals surface area contributed by atoms with Crippen molar-refractivity contribution in [1.82, 2.24) is 0 Å². The molecule has 0 radical (unpaired) electrons. The summed E-state index contributed by atoms with van der Waals surface area (Å²) in [6.07, 6.45) is 0. The molecule has 110 valence electrons. The second kappa shape index (κ2) is 6.76. The molecule has 0 aromatic heterocycles. The van der Waals surface area contributed by atoms with Gasteiger partial charge in [0.1, 0.15) is 17.9 Å². The van der Waals surface area contributed by atoms with E-state index in [2.05, 4.69) is 0 Å². The van der Waals surface area contributed by atoms with Crippen LogP contribution in [0.5, 0.6) is 5.75 Å². The SMILES string of the molecule is COC(=O)c1ccc(N)cc1OCc1ccc(CO)cc1. The lowest BCUT2D eigenvalue weighted by molar-refractivity contribution is 0.0595. The molecule has 0 unspecified atom stereocenters. The van der Waals surface area contributed by atoms with E-state index in [1.165, 1.54) is 7.11 Å². The third-order valence-corrected chi connectivity index (χ3v) is 3.01. The summed E-state index contributed by atoms with van der Waals surface area (Å²) in [5.41, 5.74) is 8.31. The van der Waals surface area contributed by atoms with Gasteiger partial charge in [-0.15, -0.1) is 0 Å². The summed E-state index contributed by atoms with van der Waals surface area (Å²) < 4.78 is 10.4. The van der Waals surface area contributed by atoms with Crippen molar-refractivity contribution in [1.29, 1.82) is 0 Å². The second-order valence-corrected chi connectivity index (χ2v) is 4.51. The van der Waals surface area contributed by atoms with Crippen molar-refractivity contribution in [3.63, 3.8) is 0 Å².